The van der Waals surface area contributed by atoms with Crippen LogP contribution in [0.5, 0.6) is 0 Å². The fourth-order valence-electron chi connectivity index (χ4n) is 2.25. The van der Waals surface area contributed by atoms with Crippen molar-refractivity contribution in [3.05, 3.63) is 35.5 Å². The summed E-state index contributed by atoms with van der Waals surface area (Å²) in [6.45, 7) is 2.26. The molecule has 0 saturated carbocycles. The number of thiazole rings is 1. The molecule has 1 amide bonds. The molecule has 0 bridgehead atoms. The maximum atomic E-state index is 12.9. The van der Waals surface area contributed by atoms with Crippen LogP contribution >= 0.6 is 11.3 Å². The molecule has 2 aromatic rings. The second-order valence-electron chi connectivity index (χ2n) is 4.78. The van der Waals surface area contributed by atoms with Gasteiger partial charge < -0.3 is 14.9 Å². The molecular weight excluding hydrogens is 293 g/mol. The molecule has 5 nitrogen and oxygen atoms in total. The number of hydrogen-bond acceptors (Lipinski definition) is 4. The maximum absolute atomic E-state index is 12.9. The van der Waals surface area contributed by atoms with Crippen molar-refractivity contribution in [2.45, 2.75) is 0 Å². The lowest BCUT2D eigenvalue weighted by atomic mass is 10.2. The summed E-state index contributed by atoms with van der Waals surface area (Å²) in [7, 11) is 0. The van der Waals surface area contributed by atoms with Crippen LogP contribution in [0.15, 0.2) is 29.6 Å². The molecule has 0 radical (unpaired) electrons. The Labute approximate surface area is 125 Å². The van der Waals surface area contributed by atoms with E-state index >= 15 is 0 Å². The molecule has 2 heterocycles. The quantitative estimate of drug-likeness (QED) is 0.927. The second kappa shape index (κ2) is 5.69. The second-order valence-corrected chi connectivity index (χ2v) is 5.62. The van der Waals surface area contributed by atoms with Crippen molar-refractivity contribution in [2.75, 3.05) is 31.1 Å². The molecule has 0 atom stereocenters. The highest BCUT2D eigenvalue weighted by Gasteiger charge is 2.22. The topological polar surface area (TPSA) is 56.7 Å². The third-order valence-corrected chi connectivity index (χ3v) is 4.35. The minimum atomic E-state index is -0.874. The van der Waals surface area contributed by atoms with Crippen LogP contribution in [0, 0.1) is 5.82 Å². The van der Waals surface area contributed by atoms with Gasteiger partial charge in [0.25, 0.3) is 0 Å². The average molecular weight is 307 g/mol. The zero-order valence-electron chi connectivity index (χ0n) is 11.2. The van der Waals surface area contributed by atoms with E-state index in [4.69, 9.17) is 5.11 Å². The summed E-state index contributed by atoms with van der Waals surface area (Å²) in [6, 6.07) is 6.24. The van der Waals surface area contributed by atoms with E-state index in [-0.39, 0.29) is 5.82 Å². The monoisotopic (exact) mass is 307 g/mol. The van der Waals surface area contributed by atoms with Crippen molar-refractivity contribution in [1.29, 1.82) is 0 Å². The Balaban J connectivity index is 1.71. The van der Waals surface area contributed by atoms with E-state index in [1.807, 2.05) is 5.38 Å². The zero-order valence-corrected chi connectivity index (χ0v) is 12.0. The summed E-state index contributed by atoms with van der Waals surface area (Å²) in [5.41, 5.74) is 1.69. The Kier molecular flexibility index (Phi) is 3.74. The number of nitrogens with zero attached hydrogens (tertiary/aromatic N) is 3. The van der Waals surface area contributed by atoms with Crippen molar-refractivity contribution in [2.24, 2.45) is 0 Å². The lowest BCUT2D eigenvalue weighted by Gasteiger charge is -2.32. The molecule has 21 heavy (non-hydrogen) atoms. The smallest absolute Gasteiger partial charge is 0.407 e. The Morgan fingerprint density at radius 2 is 1.86 bits per heavy atom. The molecule has 1 aliphatic heterocycles. The molecular formula is C14H14FN3O2S. The van der Waals surface area contributed by atoms with E-state index in [1.54, 1.807) is 12.1 Å². The summed E-state index contributed by atoms with van der Waals surface area (Å²) in [4.78, 5) is 18.9. The van der Waals surface area contributed by atoms with E-state index in [2.05, 4.69) is 9.88 Å². The Hall–Kier alpha value is -2.15. The van der Waals surface area contributed by atoms with Gasteiger partial charge in [-0.15, -0.1) is 11.3 Å². The van der Waals surface area contributed by atoms with E-state index in [0.717, 1.165) is 16.4 Å². The van der Waals surface area contributed by atoms with Crippen LogP contribution in [-0.2, 0) is 0 Å². The molecule has 1 N–H and O–H groups in total. The zero-order chi connectivity index (χ0) is 14.8. The normalized spacial score (nSPS) is 15.3. The average Bonchev–Trinajstić information content (AvgIpc) is 2.98. The van der Waals surface area contributed by atoms with Crippen LogP contribution in [-0.4, -0.2) is 47.3 Å². The molecule has 1 aromatic heterocycles. The van der Waals surface area contributed by atoms with Crippen LogP contribution in [0.2, 0.25) is 0 Å². The van der Waals surface area contributed by atoms with Gasteiger partial charge >= 0.3 is 6.09 Å². The van der Waals surface area contributed by atoms with E-state index in [0.29, 0.717) is 26.2 Å². The number of carbonyl (C=O) groups is 1. The first-order valence-corrected chi connectivity index (χ1v) is 7.46. The number of hydrogen-bond donors (Lipinski definition) is 1. The maximum Gasteiger partial charge on any atom is 0.407 e. The van der Waals surface area contributed by atoms with Gasteiger partial charge in [-0.1, -0.05) is 0 Å². The fraction of sp³-hybridized carbons (Fsp3) is 0.286. The van der Waals surface area contributed by atoms with Crippen molar-refractivity contribution < 1.29 is 14.3 Å². The molecule has 0 spiro atoms. The van der Waals surface area contributed by atoms with Crippen molar-refractivity contribution in [1.82, 2.24) is 9.88 Å². The minimum Gasteiger partial charge on any atom is -0.465 e. The van der Waals surface area contributed by atoms with Gasteiger partial charge in [0, 0.05) is 37.1 Å². The number of anilines is 1. The standard InChI is InChI=1S/C14H14FN3O2S/c15-11-3-1-10(2-4-11)12-9-21-13(16-12)17-5-7-18(8-6-17)14(19)20/h1-4,9H,5-8H2,(H,19,20). The molecule has 1 fully saturated rings. The summed E-state index contributed by atoms with van der Waals surface area (Å²) >= 11 is 1.52. The molecule has 0 aliphatic carbocycles. The molecule has 0 unspecified atom stereocenters. The van der Waals surface area contributed by atoms with Crippen molar-refractivity contribution in [3.8, 4) is 11.3 Å². The number of benzene rings is 1. The molecule has 3 rings (SSSR count). The van der Waals surface area contributed by atoms with Gasteiger partial charge in [0.2, 0.25) is 0 Å². The van der Waals surface area contributed by atoms with Gasteiger partial charge in [0.15, 0.2) is 5.13 Å². The van der Waals surface area contributed by atoms with Gasteiger partial charge in [0.1, 0.15) is 5.82 Å². The van der Waals surface area contributed by atoms with Crippen molar-refractivity contribution >= 4 is 22.6 Å². The predicted octanol–water partition coefficient (Wildman–Crippen LogP) is 2.75. The van der Waals surface area contributed by atoms with Gasteiger partial charge in [-0.25, -0.2) is 14.2 Å². The first-order chi connectivity index (χ1) is 10.1. The van der Waals surface area contributed by atoms with Gasteiger partial charge in [-0.2, -0.15) is 0 Å². The third-order valence-electron chi connectivity index (χ3n) is 3.45. The first kappa shape index (κ1) is 13.8. The Morgan fingerprint density at radius 3 is 2.48 bits per heavy atom. The lowest BCUT2D eigenvalue weighted by Crippen LogP contribution is -2.48. The number of carboxylic acid groups (broad SMARTS) is 1. The first-order valence-electron chi connectivity index (χ1n) is 6.58. The van der Waals surface area contributed by atoms with Gasteiger partial charge in [-0.05, 0) is 24.3 Å². The lowest BCUT2D eigenvalue weighted by molar-refractivity contribution is 0.142. The number of piperazine rings is 1. The van der Waals surface area contributed by atoms with Crippen LogP contribution < -0.4 is 4.90 Å². The van der Waals surface area contributed by atoms with Crippen LogP contribution in [0.25, 0.3) is 11.3 Å². The number of amides is 1. The Morgan fingerprint density at radius 1 is 1.19 bits per heavy atom. The van der Waals surface area contributed by atoms with Crippen molar-refractivity contribution in [3.63, 3.8) is 0 Å². The van der Waals surface area contributed by atoms with Gasteiger partial charge in [0.05, 0.1) is 5.69 Å². The van der Waals surface area contributed by atoms with Gasteiger partial charge in [-0.3, -0.25) is 0 Å². The molecule has 1 aliphatic rings. The summed E-state index contributed by atoms with van der Waals surface area (Å²) in [5, 5.41) is 11.7. The predicted molar refractivity (Wildman–Crippen MR) is 79.3 cm³/mol. The van der Waals surface area contributed by atoms with Crippen LogP contribution in [0.4, 0.5) is 14.3 Å². The summed E-state index contributed by atoms with van der Waals surface area (Å²) in [6.07, 6.45) is -0.874. The fourth-order valence-corrected chi connectivity index (χ4v) is 3.14. The molecule has 7 heteroatoms. The molecule has 1 saturated heterocycles. The van der Waals surface area contributed by atoms with Crippen LogP contribution in [0.1, 0.15) is 0 Å². The minimum absolute atomic E-state index is 0.265. The number of halogens is 1. The SMILES string of the molecule is O=C(O)N1CCN(c2nc(-c3ccc(F)cc3)cs2)CC1. The largest absolute Gasteiger partial charge is 0.465 e. The highest BCUT2D eigenvalue weighted by Crippen LogP contribution is 2.28. The third kappa shape index (κ3) is 2.97. The van der Waals surface area contributed by atoms with E-state index in [9.17, 15) is 9.18 Å². The Bertz CT molecular complexity index is 636. The summed E-state index contributed by atoms with van der Waals surface area (Å²) in [5.74, 6) is -0.265. The highest BCUT2D eigenvalue weighted by atomic mass is 32.1. The molecule has 1 aromatic carbocycles. The van der Waals surface area contributed by atoms with Crippen LogP contribution in [0.3, 0.4) is 0 Å². The number of aromatic nitrogens is 1. The van der Waals surface area contributed by atoms with E-state index in [1.165, 1.54) is 28.4 Å². The van der Waals surface area contributed by atoms with E-state index < -0.39 is 6.09 Å². The highest BCUT2D eigenvalue weighted by molar-refractivity contribution is 7.14. The number of rotatable bonds is 2. The summed E-state index contributed by atoms with van der Waals surface area (Å²) < 4.78 is 12.9. The molecule has 110 valence electrons.